The van der Waals surface area contributed by atoms with E-state index in [1.165, 1.54) is 0 Å². The van der Waals surface area contributed by atoms with Crippen LogP contribution in [0.3, 0.4) is 0 Å². The molecule has 0 amide bonds. The van der Waals surface area contributed by atoms with Crippen LogP contribution in [0.5, 0.6) is 5.75 Å². The average Bonchev–Trinajstić information content (AvgIpc) is 2.66. The Kier molecular flexibility index (Phi) is 7.96. The standard InChI is InChI=1S/C21H29N3O2/c1-4-22-21(23-15-19(25)14-17-10-6-5-7-11-17)24(2)16-18-12-8-9-13-20(18)26-3/h5-13,19,25H,4,14-16H2,1-3H3,(H,22,23). The highest BCUT2D eigenvalue weighted by atomic mass is 16.5. The van der Waals surface area contributed by atoms with Crippen LogP contribution in [-0.4, -0.2) is 49.3 Å². The van der Waals surface area contributed by atoms with E-state index < -0.39 is 6.10 Å². The van der Waals surface area contributed by atoms with Crippen LogP contribution in [-0.2, 0) is 13.0 Å². The summed E-state index contributed by atoms with van der Waals surface area (Å²) in [4.78, 5) is 6.64. The zero-order valence-corrected chi connectivity index (χ0v) is 15.9. The van der Waals surface area contributed by atoms with Crippen molar-refractivity contribution in [1.82, 2.24) is 10.2 Å². The predicted octanol–water partition coefficient (Wildman–Crippen LogP) is 2.70. The molecule has 0 aromatic heterocycles. The van der Waals surface area contributed by atoms with E-state index in [4.69, 9.17) is 4.74 Å². The minimum absolute atomic E-state index is 0.355. The summed E-state index contributed by atoms with van der Waals surface area (Å²) in [6.07, 6.45) is 0.0886. The van der Waals surface area contributed by atoms with E-state index in [9.17, 15) is 5.11 Å². The number of hydrogen-bond donors (Lipinski definition) is 2. The first-order valence-corrected chi connectivity index (χ1v) is 8.97. The van der Waals surface area contributed by atoms with Crippen molar-refractivity contribution in [2.24, 2.45) is 4.99 Å². The topological polar surface area (TPSA) is 57.1 Å². The Hall–Kier alpha value is -2.53. The summed E-state index contributed by atoms with van der Waals surface area (Å²) in [5.74, 6) is 1.63. The molecule has 0 fully saturated rings. The van der Waals surface area contributed by atoms with Gasteiger partial charge in [-0.2, -0.15) is 0 Å². The molecule has 0 aliphatic carbocycles. The number of ether oxygens (including phenoxy) is 1. The molecule has 26 heavy (non-hydrogen) atoms. The lowest BCUT2D eigenvalue weighted by Gasteiger charge is -2.23. The molecule has 0 saturated heterocycles. The zero-order chi connectivity index (χ0) is 18.8. The lowest BCUT2D eigenvalue weighted by atomic mass is 10.1. The summed E-state index contributed by atoms with van der Waals surface area (Å²) in [5.41, 5.74) is 2.20. The number of nitrogens with zero attached hydrogens (tertiary/aromatic N) is 2. The Balaban J connectivity index is 2.00. The van der Waals surface area contributed by atoms with Crippen molar-refractivity contribution in [1.29, 1.82) is 0 Å². The summed E-state index contributed by atoms with van der Waals surface area (Å²) >= 11 is 0. The monoisotopic (exact) mass is 355 g/mol. The van der Waals surface area contributed by atoms with E-state index in [1.807, 2.05) is 73.5 Å². The number of guanidine groups is 1. The molecule has 0 aliphatic heterocycles. The highest BCUT2D eigenvalue weighted by molar-refractivity contribution is 5.79. The van der Waals surface area contributed by atoms with Crippen molar-refractivity contribution in [3.63, 3.8) is 0 Å². The van der Waals surface area contributed by atoms with Crippen molar-refractivity contribution >= 4 is 5.96 Å². The van der Waals surface area contributed by atoms with Gasteiger partial charge in [-0.15, -0.1) is 0 Å². The van der Waals surface area contributed by atoms with Crippen molar-refractivity contribution < 1.29 is 9.84 Å². The third-order valence-electron chi connectivity index (χ3n) is 4.06. The van der Waals surface area contributed by atoms with E-state index >= 15 is 0 Å². The summed E-state index contributed by atoms with van der Waals surface area (Å²) in [6.45, 7) is 3.83. The SMILES string of the molecule is CCNC(=NCC(O)Cc1ccccc1)N(C)Cc1ccccc1OC. The van der Waals surface area contributed by atoms with Crippen LogP contribution in [0.25, 0.3) is 0 Å². The lowest BCUT2D eigenvalue weighted by molar-refractivity contribution is 0.183. The van der Waals surface area contributed by atoms with Crippen LogP contribution in [0.4, 0.5) is 0 Å². The molecule has 0 aliphatic rings. The van der Waals surface area contributed by atoms with Gasteiger partial charge in [-0.05, 0) is 18.6 Å². The Morgan fingerprint density at radius 2 is 1.85 bits per heavy atom. The maximum Gasteiger partial charge on any atom is 0.194 e. The van der Waals surface area contributed by atoms with Gasteiger partial charge in [-0.3, -0.25) is 4.99 Å². The van der Waals surface area contributed by atoms with Crippen LogP contribution in [0, 0.1) is 0 Å². The molecule has 140 valence electrons. The van der Waals surface area contributed by atoms with Crippen LogP contribution in [0.15, 0.2) is 59.6 Å². The summed E-state index contributed by atoms with van der Waals surface area (Å²) in [7, 11) is 3.66. The molecule has 5 heteroatoms. The van der Waals surface area contributed by atoms with E-state index in [1.54, 1.807) is 7.11 Å². The number of rotatable bonds is 8. The summed E-state index contributed by atoms with van der Waals surface area (Å²) in [5, 5.41) is 13.6. The van der Waals surface area contributed by atoms with E-state index in [2.05, 4.69) is 10.3 Å². The fourth-order valence-corrected chi connectivity index (χ4v) is 2.78. The Morgan fingerprint density at radius 3 is 2.54 bits per heavy atom. The van der Waals surface area contributed by atoms with Gasteiger partial charge < -0.3 is 20.1 Å². The van der Waals surface area contributed by atoms with Gasteiger partial charge in [0, 0.05) is 32.1 Å². The summed E-state index contributed by atoms with van der Waals surface area (Å²) in [6, 6.07) is 17.9. The van der Waals surface area contributed by atoms with Crippen molar-refractivity contribution in [2.75, 3.05) is 27.2 Å². The molecule has 2 N–H and O–H groups in total. The van der Waals surface area contributed by atoms with Crippen LogP contribution in [0.1, 0.15) is 18.1 Å². The molecule has 1 atom stereocenters. The van der Waals surface area contributed by atoms with E-state index in [0.717, 1.165) is 29.4 Å². The molecular formula is C21H29N3O2. The first-order valence-electron chi connectivity index (χ1n) is 8.97. The molecule has 0 spiro atoms. The first kappa shape index (κ1) is 19.8. The van der Waals surface area contributed by atoms with Crippen LogP contribution in [0.2, 0.25) is 0 Å². The minimum atomic E-state index is -0.509. The van der Waals surface area contributed by atoms with Gasteiger partial charge in [0.2, 0.25) is 0 Å². The van der Waals surface area contributed by atoms with Gasteiger partial charge in [-0.1, -0.05) is 48.5 Å². The maximum absolute atomic E-state index is 10.3. The lowest BCUT2D eigenvalue weighted by Crippen LogP contribution is -2.39. The van der Waals surface area contributed by atoms with Crippen molar-refractivity contribution in [3.05, 3.63) is 65.7 Å². The van der Waals surface area contributed by atoms with Crippen molar-refractivity contribution in [2.45, 2.75) is 26.0 Å². The Morgan fingerprint density at radius 1 is 1.15 bits per heavy atom. The molecular weight excluding hydrogens is 326 g/mol. The Labute approximate surface area is 156 Å². The number of benzene rings is 2. The number of aliphatic hydroxyl groups is 1. The molecule has 0 bridgehead atoms. The smallest absolute Gasteiger partial charge is 0.194 e. The van der Waals surface area contributed by atoms with E-state index in [0.29, 0.717) is 19.5 Å². The van der Waals surface area contributed by atoms with Crippen molar-refractivity contribution in [3.8, 4) is 5.75 Å². The normalized spacial score (nSPS) is 12.5. The quantitative estimate of drug-likeness (QED) is 0.565. The van der Waals surface area contributed by atoms with Crippen LogP contribution < -0.4 is 10.1 Å². The number of aliphatic imine (C=N–C) groups is 1. The fourth-order valence-electron chi connectivity index (χ4n) is 2.78. The van der Waals surface area contributed by atoms with Gasteiger partial charge in [0.05, 0.1) is 19.8 Å². The molecule has 0 radical (unpaired) electrons. The fraction of sp³-hybridized carbons (Fsp3) is 0.381. The number of hydrogen-bond acceptors (Lipinski definition) is 3. The number of aliphatic hydroxyl groups excluding tert-OH is 1. The predicted molar refractivity (Wildman–Crippen MR) is 107 cm³/mol. The van der Waals surface area contributed by atoms with Gasteiger partial charge in [0.1, 0.15) is 5.75 Å². The highest BCUT2D eigenvalue weighted by Crippen LogP contribution is 2.18. The number of nitrogens with one attached hydrogen (secondary N) is 1. The second kappa shape index (κ2) is 10.5. The second-order valence-corrected chi connectivity index (χ2v) is 6.21. The zero-order valence-electron chi connectivity index (χ0n) is 15.9. The average molecular weight is 355 g/mol. The molecule has 2 aromatic rings. The van der Waals surface area contributed by atoms with Crippen LogP contribution >= 0.6 is 0 Å². The molecule has 0 saturated carbocycles. The largest absolute Gasteiger partial charge is 0.496 e. The second-order valence-electron chi connectivity index (χ2n) is 6.21. The first-order chi connectivity index (χ1) is 12.6. The van der Waals surface area contributed by atoms with Gasteiger partial charge >= 0.3 is 0 Å². The van der Waals surface area contributed by atoms with Gasteiger partial charge in [0.15, 0.2) is 5.96 Å². The molecule has 0 heterocycles. The molecule has 2 rings (SSSR count). The third-order valence-corrected chi connectivity index (χ3v) is 4.06. The third kappa shape index (κ3) is 6.08. The molecule has 2 aromatic carbocycles. The molecule has 5 nitrogen and oxygen atoms in total. The van der Waals surface area contributed by atoms with Gasteiger partial charge in [0.25, 0.3) is 0 Å². The number of para-hydroxylation sites is 1. The van der Waals surface area contributed by atoms with Gasteiger partial charge in [-0.25, -0.2) is 0 Å². The van der Waals surface area contributed by atoms with E-state index in [-0.39, 0.29) is 0 Å². The number of methoxy groups -OCH3 is 1. The maximum atomic E-state index is 10.3. The highest BCUT2D eigenvalue weighted by Gasteiger charge is 2.11. The summed E-state index contributed by atoms with van der Waals surface area (Å²) < 4.78 is 5.42. The molecule has 1 unspecified atom stereocenters. The Bertz CT molecular complexity index is 689. The minimum Gasteiger partial charge on any atom is -0.496 e.